The third-order valence-corrected chi connectivity index (χ3v) is 2.01. The molecule has 1 rings (SSSR count). The summed E-state index contributed by atoms with van der Waals surface area (Å²) in [6.07, 6.45) is 0. The molecule has 1 fully saturated rings. The van der Waals surface area contributed by atoms with Crippen molar-refractivity contribution in [1.82, 2.24) is 4.90 Å². The van der Waals surface area contributed by atoms with Crippen molar-refractivity contribution in [2.75, 3.05) is 26.3 Å². The molecule has 0 aliphatic carbocycles. The normalized spacial score (nSPS) is 26.0. The van der Waals surface area contributed by atoms with Gasteiger partial charge in [-0.05, 0) is 5.92 Å². The molecule has 1 saturated heterocycles. The van der Waals surface area contributed by atoms with Gasteiger partial charge >= 0.3 is 0 Å². The van der Waals surface area contributed by atoms with Gasteiger partial charge in [-0.15, -0.1) is 0 Å². The van der Waals surface area contributed by atoms with Gasteiger partial charge in [0.15, 0.2) is 0 Å². The first kappa shape index (κ1) is 8.03. The molecule has 0 bridgehead atoms. The zero-order chi connectivity index (χ0) is 9.90. The Morgan fingerprint density at radius 3 is 2.50 bits per heavy atom. The molecule has 1 aliphatic rings. The maximum Gasteiger partial charge on any atom is 0.100 e. The van der Waals surface area contributed by atoms with Crippen LogP contribution < -0.4 is 0 Å². The Morgan fingerprint density at radius 1 is 1.50 bits per heavy atom. The molecule has 1 aliphatic heterocycles. The number of ether oxygens (including phenoxy) is 1. The SMILES string of the molecule is [2H]C(C#N)(C(C)C)N1CCOCC1. The third-order valence-electron chi connectivity index (χ3n) is 2.01. The van der Waals surface area contributed by atoms with Gasteiger partial charge < -0.3 is 4.74 Å². The van der Waals surface area contributed by atoms with E-state index in [2.05, 4.69) is 6.07 Å². The number of morpholine rings is 1. The Balaban J connectivity index is 2.70. The number of hydrogen-bond acceptors (Lipinski definition) is 3. The lowest BCUT2D eigenvalue weighted by atomic mass is 10.0. The number of nitrogens with zero attached hydrogens (tertiary/aromatic N) is 2. The molecule has 0 aromatic carbocycles. The maximum atomic E-state index is 8.99. The fourth-order valence-electron chi connectivity index (χ4n) is 1.37. The van der Waals surface area contributed by atoms with Crippen molar-refractivity contribution in [3.05, 3.63) is 0 Å². The molecule has 0 aromatic rings. The average Bonchev–Trinajstić information content (AvgIpc) is 2.17. The van der Waals surface area contributed by atoms with Gasteiger partial charge in [-0.2, -0.15) is 5.26 Å². The van der Waals surface area contributed by atoms with Crippen LogP contribution in [-0.4, -0.2) is 37.2 Å². The molecule has 1 heterocycles. The van der Waals surface area contributed by atoms with Gasteiger partial charge in [0.05, 0.1) is 20.7 Å². The maximum absolute atomic E-state index is 8.99. The van der Waals surface area contributed by atoms with Crippen LogP contribution in [0.4, 0.5) is 0 Å². The monoisotopic (exact) mass is 169 g/mol. The first-order chi connectivity index (χ1) is 6.11. The largest absolute Gasteiger partial charge is 0.379 e. The Labute approximate surface area is 75.3 Å². The Kier molecular flexibility index (Phi) is 2.97. The minimum absolute atomic E-state index is 0.0237. The molecule has 1 atom stereocenters. The van der Waals surface area contributed by atoms with Crippen LogP contribution in [0.15, 0.2) is 0 Å². The quantitative estimate of drug-likeness (QED) is 0.615. The van der Waals surface area contributed by atoms with E-state index in [-0.39, 0.29) is 5.92 Å². The van der Waals surface area contributed by atoms with E-state index in [1.807, 2.05) is 18.7 Å². The molecule has 0 saturated carbocycles. The molecule has 3 heteroatoms. The minimum atomic E-state index is -1.08. The first-order valence-corrected chi connectivity index (χ1v) is 4.35. The molecule has 0 N–H and O–H groups in total. The molecule has 0 spiro atoms. The second-order valence-corrected chi connectivity index (χ2v) is 3.25. The van der Waals surface area contributed by atoms with Crippen LogP contribution in [0.25, 0.3) is 0 Å². The lowest BCUT2D eigenvalue weighted by Crippen LogP contribution is -2.45. The van der Waals surface area contributed by atoms with Crippen LogP contribution >= 0.6 is 0 Å². The molecule has 12 heavy (non-hydrogen) atoms. The van der Waals surface area contributed by atoms with Crippen LogP contribution in [0.5, 0.6) is 0 Å². The van der Waals surface area contributed by atoms with Crippen molar-refractivity contribution < 1.29 is 6.11 Å². The topological polar surface area (TPSA) is 36.3 Å². The third kappa shape index (κ3) is 2.20. The Hall–Kier alpha value is -0.590. The fraction of sp³-hybridized carbons (Fsp3) is 0.889. The molecule has 1 unspecified atom stereocenters. The van der Waals surface area contributed by atoms with Crippen molar-refractivity contribution in [3.63, 3.8) is 0 Å². The second kappa shape index (κ2) is 4.44. The van der Waals surface area contributed by atoms with Crippen LogP contribution in [0.3, 0.4) is 0 Å². The van der Waals surface area contributed by atoms with E-state index in [1.54, 1.807) is 0 Å². The predicted molar refractivity (Wildman–Crippen MR) is 46.6 cm³/mol. The van der Waals surface area contributed by atoms with E-state index >= 15 is 0 Å². The summed E-state index contributed by atoms with van der Waals surface area (Å²) in [6, 6.07) is 1.01. The van der Waals surface area contributed by atoms with E-state index in [9.17, 15) is 0 Å². The summed E-state index contributed by atoms with van der Waals surface area (Å²) in [6.45, 7) is 6.46. The van der Waals surface area contributed by atoms with E-state index in [4.69, 9.17) is 11.4 Å². The van der Waals surface area contributed by atoms with Crippen molar-refractivity contribution >= 4 is 0 Å². The van der Waals surface area contributed by atoms with Crippen molar-refractivity contribution in [2.45, 2.75) is 19.9 Å². The van der Waals surface area contributed by atoms with Gasteiger partial charge in [0, 0.05) is 13.1 Å². The standard InChI is InChI=1S/C9H16N2O/c1-8(2)9(7-10)11-3-5-12-6-4-11/h8-9H,3-6H2,1-2H3/i9D. The van der Waals surface area contributed by atoms with Crippen molar-refractivity contribution in [1.29, 1.82) is 5.26 Å². The molecule has 0 amide bonds. The molecular formula is C9H16N2O. The summed E-state index contributed by atoms with van der Waals surface area (Å²) in [5, 5.41) is 8.99. The molecular weight excluding hydrogens is 152 g/mol. The van der Waals surface area contributed by atoms with Gasteiger partial charge in [-0.3, -0.25) is 4.90 Å². The van der Waals surface area contributed by atoms with Crippen LogP contribution in [0.1, 0.15) is 15.2 Å². The number of hydrogen-bond donors (Lipinski definition) is 0. The zero-order valence-electron chi connectivity index (χ0n) is 8.71. The van der Waals surface area contributed by atoms with Gasteiger partial charge in [-0.1, -0.05) is 13.8 Å². The summed E-state index contributed by atoms with van der Waals surface area (Å²) >= 11 is 0. The second-order valence-electron chi connectivity index (χ2n) is 3.25. The van der Waals surface area contributed by atoms with Crippen molar-refractivity contribution in [3.8, 4) is 6.07 Å². The smallest absolute Gasteiger partial charge is 0.100 e. The molecule has 0 aromatic heterocycles. The number of rotatable bonds is 2. The summed E-state index contributed by atoms with van der Waals surface area (Å²) in [5.74, 6) is 0.0237. The lowest BCUT2D eigenvalue weighted by molar-refractivity contribution is 0.0190. The lowest BCUT2D eigenvalue weighted by Gasteiger charge is -2.32. The van der Waals surface area contributed by atoms with Gasteiger partial charge in [-0.25, -0.2) is 0 Å². The van der Waals surface area contributed by atoms with Crippen LogP contribution in [0.2, 0.25) is 0 Å². The highest BCUT2D eigenvalue weighted by molar-refractivity contribution is 4.94. The van der Waals surface area contributed by atoms with Crippen molar-refractivity contribution in [2.24, 2.45) is 5.92 Å². The van der Waals surface area contributed by atoms with Crippen LogP contribution in [-0.2, 0) is 4.74 Å². The zero-order valence-corrected chi connectivity index (χ0v) is 7.71. The van der Waals surface area contributed by atoms with Gasteiger partial charge in [0.1, 0.15) is 6.02 Å². The van der Waals surface area contributed by atoms with Gasteiger partial charge in [0.25, 0.3) is 0 Å². The highest BCUT2D eigenvalue weighted by atomic mass is 16.5. The van der Waals surface area contributed by atoms with E-state index in [1.165, 1.54) is 0 Å². The average molecular weight is 169 g/mol. The number of nitriles is 1. The van der Waals surface area contributed by atoms with Gasteiger partial charge in [0.2, 0.25) is 0 Å². The highest BCUT2D eigenvalue weighted by Gasteiger charge is 2.22. The van der Waals surface area contributed by atoms with E-state index in [0.717, 1.165) is 0 Å². The summed E-state index contributed by atoms with van der Waals surface area (Å²) < 4.78 is 13.2. The van der Waals surface area contributed by atoms with E-state index in [0.29, 0.717) is 26.3 Å². The summed E-state index contributed by atoms with van der Waals surface area (Å²) in [5.41, 5.74) is 0. The van der Waals surface area contributed by atoms with Crippen LogP contribution in [0, 0.1) is 17.2 Å². The highest BCUT2D eigenvalue weighted by Crippen LogP contribution is 2.11. The molecule has 0 radical (unpaired) electrons. The first-order valence-electron chi connectivity index (χ1n) is 4.85. The predicted octanol–water partition coefficient (Wildman–Crippen LogP) is 0.867. The summed E-state index contributed by atoms with van der Waals surface area (Å²) in [7, 11) is 0. The Morgan fingerprint density at radius 2 is 2.08 bits per heavy atom. The minimum Gasteiger partial charge on any atom is -0.379 e. The van der Waals surface area contributed by atoms with E-state index < -0.39 is 6.02 Å². The molecule has 68 valence electrons. The Bertz CT molecular complexity index is 208. The fourth-order valence-corrected chi connectivity index (χ4v) is 1.37. The summed E-state index contributed by atoms with van der Waals surface area (Å²) in [4.78, 5) is 1.89. The molecule has 3 nitrogen and oxygen atoms in total.